The first-order valence-corrected chi connectivity index (χ1v) is 11.4. The largest absolute Gasteiger partial charge is 0.331 e. The maximum Gasteiger partial charge on any atom is 0.331 e. The Morgan fingerprint density at radius 2 is 1.21 bits per heavy atom. The van der Waals surface area contributed by atoms with Crippen molar-refractivity contribution in [1.82, 2.24) is 18.3 Å². The van der Waals surface area contributed by atoms with Gasteiger partial charge < -0.3 is 0 Å². The SMILES string of the molecule is CCn1c(C)c(C(=O)c2ccccc2)c(=O)n(CC)c1=O.CCn1c(C)cc(=O)n(CC)c1=O. The molecule has 182 valence electrons. The molecule has 0 fully saturated rings. The van der Waals surface area contributed by atoms with E-state index in [4.69, 9.17) is 0 Å². The topological polar surface area (TPSA) is 105 Å². The van der Waals surface area contributed by atoms with Crippen LogP contribution in [0.4, 0.5) is 0 Å². The fourth-order valence-electron chi connectivity index (χ4n) is 3.85. The van der Waals surface area contributed by atoms with Crippen molar-refractivity contribution in [2.24, 2.45) is 0 Å². The van der Waals surface area contributed by atoms with E-state index in [1.54, 1.807) is 62.6 Å². The van der Waals surface area contributed by atoms with Crippen LogP contribution in [-0.4, -0.2) is 24.1 Å². The highest BCUT2D eigenvalue weighted by Gasteiger charge is 2.21. The molecule has 3 rings (SSSR count). The van der Waals surface area contributed by atoms with Crippen LogP contribution in [0.25, 0.3) is 0 Å². The van der Waals surface area contributed by atoms with E-state index in [1.165, 1.54) is 15.2 Å². The van der Waals surface area contributed by atoms with Gasteiger partial charge in [0, 0.05) is 49.2 Å². The Morgan fingerprint density at radius 1 is 0.706 bits per heavy atom. The van der Waals surface area contributed by atoms with Crippen LogP contribution < -0.4 is 22.5 Å². The van der Waals surface area contributed by atoms with Crippen molar-refractivity contribution < 1.29 is 4.79 Å². The van der Waals surface area contributed by atoms with Crippen LogP contribution in [-0.2, 0) is 26.2 Å². The maximum absolute atomic E-state index is 12.6. The Hall–Kier alpha value is -3.75. The van der Waals surface area contributed by atoms with Gasteiger partial charge in [-0.3, -0.25) is 32.7 Å². The van der Waals surface area contributed by atoms with E-state index in [1.807, 2.05) is 13.8 Å². The number of aromatic nitrogens is 4. The van der Waals surface area contributed by atoms with E-state index in [0.717, 1.165) is 10.3 Å². The molecule has 0 amide bonds. The third-order valence-electron chi connectivity index (χ3n) is 5.70. The van der Waals surface area contributed by atoms with Crippen LogP contribution in [0, 0.1) is 13.8 Å². The number of carbonyl (C=O) groups is 1. The van der Waals surface area contributed by atoms with Crippen molar-refractivity contribution in [1.29, 1.82) is 0 Å². The quantitative estimate of drug-likeness (QED) is 0.514. The predicted octanol–water partition coefficient (Wildman–Crippen LogP) is 1.95. The Kier molecular flexibility index (Phi) is 8.89. The first-order chi connectivity index (χ1) is 16.1. The van der Waals surface area contributed by atoms with Crippen molar-refractivity contribution >= 4 is 5.78 Å². The second-order valence-electron chi connectivity index (χ2n) is 7.63. The number of nitrogens with zero attached hydrogens (tertiary/aromatic N) is 4. The smallest absolute Gasteiger partial charge is 0.298 e. The van der Waals surface area contributed by atoms with Crippen LogP contribution in [0.15, 0.2) is 55.6 Å². The van der Waals surface area contributed by atoms with Gasteiger partial charge in [0.25, 0.3) is 11.1 Å². The Bertz CT molecular complexity index is 1410. The lowest BCUT2D eigenvalue weighted by Gasteiger charge is -2.14. The molecule has 2 heterocycles. The standard InChI is InChI=1S/C16H18N2O3.C9H14N2O2/c1-4-17-11(3)13(15(20)18(5-2)16(17)21)14(19)12-9-7-6-8-10-12;1-4-10-7(3)6-8(12)11(5-2)9(10)13/h6-10H,4-5H2,1-3H3;6H,4-5H2,1-3H3. The van der Waals surface area contributed by atoms with Crippen LogP contribution >= 0.6 is 0 Å². The lowest BCUT2D eigenvalue weighted by Crippen LogP contribution is -2.43. The van der Waals surface area contributed by atoms with Gasteiger partial charge in [-0.2, -0.15) is 0 Å². The molecule has 0 radical (unpaired) electrons. The average Bonchev–Trinajstić information content (AvgIpc) is 2.81. The molecule has 0 saturated heterocycles. The van der Waals surface area contributed by atoms with Gasteiger partial charge in [-0.25, -0.2) is 9.59 Å². The van der Waals surface area contributed by atoms with E-state index < -0.39 is 5.56 Å². The molecule has 0 atom stereocenters. The summed E-state index contributed by atoms with van der Waals surface area (Å²) < 4.78 is 5.38. The third kappa shape index (κ3) is 5.08. The summed E-state index contributed by atoms with van der Waals surface area (Å²) in [5.41, 5.74) is 0.356. The summed E-state index contributed by atoms with van der Waals surface area (Å²) in [5.74, 6) is -0.345. The van der Waals surface area contributed by atoms with E-state index >= 15 is 0 Å². The van der Waals surface area contributed by atoms with Crippen LogP contribution in [0.5, 0.6) is 0 Å². The Morgan fingerprint density at radius 3 is 1.71 bits per heavy atom. The molecular weight excluding hydrogens is 436 g/mol. The zero-order valence-electron chi connectivity index (χ0n) is 20.6. The highest BCUT2D eigenvalue weighted by atomic mass is 16.2. The average molecular weight is 469 g/mol. The molecule has 1 aromatic carbocycles. The van der Waals surface area contributed by atoms with E-state index in [2.05, 4.69) is 0 Å². The molecule has 9 heteroatoms. The number of rotatable bonds is 6. The van der Waals surface area contributed by atoms with Gasteiger partial charge in [-0.15, -0.1) is 0 Å². The Balaban J connectivity index is 0.000000270. The maximum atomic E-state index is 12.6. The fraction of sp³-hybridized carbons (Fsp3) is 0.400. The van der Waals surface area contributed by atoms with Crippen molar-refractivity contribution in [2.45, 2.75) is 67.7 Å². The number of hydrogen-bond acceptors (Lipinski definition) is 5. The molecule has 0 bridgehead atoms. The van der Waals surface area contributed by atoms with Gasteiger partial charge in [-0.05, 0) is 41.5 Å². The number of carbonyl (C=O) groups excluding carboxylic acids is 1. The zero-order chi connectivity index (χ0) is 25.6. The molecule has 0 aliphatic carbocycles. The van der Waals surface area contributed by atoms with E-state index in [-0.39, 0.29) is 34.8 Å². The lowest BCUT2D eigenvalue weighted by molar-refractivity contribution is 0.103. The summed E-state index contributed by atoms with van der Waals surface area (Å²) in [5, 5.41) is 0. The van der Waals surface area contributed by atoms with E-state index in [9.17, 15) is 24.0 Å². The molecule has 0 N–H and O–H groups in total. The molecule has 34 heavy (non-hydrogen) atoms. The summed E-state index contributed by atoms with van der Waals surface area (Å²) in [6, 6.07) is 10.1. The summed E-state index contributed by atoms with van der Waals surface area (Å²) in [6.45, 7) is 12.3. The summed E-state index contributed by atoms with van der Waals surface area (Å²) in [4.78, 5) is 60.2. The minimum atomic E-state index is -0.515. The normalized spacial score (nSPS) is 10.5. The van der Waals surface area contributed by atoms with Gasteiger partial charge in [0.05, 0.1) is 0 Å². The fourth-order valence-corrected chi connectivity index (χ4v) is 3.85. The minimum Gasteiger partial charge on any atom is -0.298 e. The summed E-state index contributed by atoms with van der Waals surface area (Å²) in [7, 11) is 0. The third-order valence-corrected chi connectivity index (χ3v) is 5.70. The Labute approximate surface area is 197 Å². The molecule has 0 saturated carbocycles. The van der Waals surface area contributed by atoms with Crippen LogP contribution in [0.1, 0.15) is 55.0 Å². The predicted molar refractivity (Wildman–Crippen MR) is 132 cm³/mol. The second-order valence-corrected chi connectivity index (χ2v) is 7.63. The minimum absolute atomic E-state index is 0.0736. The van der Waals surface area contributed by atoms with Crippen LogP contribution in [0.3, 0.4) is 0 Å². The van der Waals surface area contributed by atoms with Gasteiger partial charge >= 0.3 is 11.4 Å². The van der Waals surface area contributed by atoms with Gasteiger partial charge in [-0.1, -0.05) is 30.3 Å². The van der Waals surface area contributed by atoms with Crippen molar-refractivity contribution in [3.05, 3.63) is 101 Å². The zero-order valence-corrected chi connectivity index (χ0v) is 20.6. The molecule has 0 unspecified atom stereocenters. The molecule has 0 spiro atoms. The summed E-state index contributed by atoms with van der Waals surface area (Å²) >= 11 is 0. The molecule has 3 aromatic rings. The highest BCUT2D eigenvalue weighted by molar-refractivity contribution is 6.09. The summed E-state index contributed by atoms with van der Waals surface area (Å²) in [6.07, 6.45) is 0. The molecule has 2 aromatic heterocycles. The molecule has 0 aliphatic heterocycles. The number of benzene rings is 1. The number of hydrogen-bond donors (Lipinski definition) is 0. The molecule has 0 aliphatic rings. The molecule has 9 nitrogen and oxygen atoms in total. The van der Waals surface area contributed by atoms with Crippen molar-refractivity contribution in [2.75, 3.05) is 0 Å². The lowest BCUT2D eigenvalue weighted by atomic mass is 10.0. The van der Waals surface area contributed by atoms with Crippen molar-refractivity contribution in [3.8, 4) is 0 Å². The number of ketones is 1. The van der Waals surface area contributed by atoms with Gasteiger partial charge in [0.2, 0.25) is 0 Å². The van der Waals surface area contributed by atoms with Crippen molar-refractivity contribution in [3.63, 3.8) is 0 Å². The number of aryl methyl sites for hydroxylation is 1. The first-order valence-electron chi connectivity index (χ1n) is 11.4. The van der Waals surface area contributed by atoms with E-state index in [0.29, 0.717) is 30.9 Å². The first kappa shape index (κ1) is 26.5. The van der Waals surface area contributed by atoms with Crippen LogP contribution in [0.2, 0.25) is 0 Å². The van der Waals surface area contributed by atoms with Gasteiger partial charge in [0.1, 0.15) is 5.56 Å². The monoisotopic (exact) mass is 468 g/mol. The van der Waals surface area contributed by atoms with Gasteiger partial charge in [0.15, 0.2) is 5.78 Å². The molecular formula is C25H32N4O5. The highest BCUT2D eigenvalue weighted by Crippen LogP contribution is 2.09. The second kappa shape index (κ2) is 11.4.